The van der Waals surface area contributed by atoms with Crippen LogP contribution >= 0.6 is 0 Å². The minimum absolute atomic E-state index is 0.107. The number of hydrogen-bond acceptors (Lipinski definition) is 4. The van der Waals surface area contributed by atoms with Crippen molar-refractivity contribution < 1.29 is 14.1 Å². The topological polar surface area (TPSA) is 98.3 Å². The molecule has 6 nitrogen and oxygen atoms in total. The Morgan fingerprint density at radius 2 is 2.16 bits per heavy atom. The molecule has 1 unspecified atom stereocenters. The van der Waals surface area contributed by atoms with Gasteiger partial charge in [-0.2, -0.15) is 0 Å². The second-order valence-electron chi connectivity index (χ2n) is 4.48. The van der Waals surface area contributed by atoms with E-state index in [0.29, 0.717) is 0 Å². The van der Waals surface area contributed by atoms with Crippen LogP contribution in [0.1, 0.15) is 24.2 Å². The molecule has 19 heavy (non-hydrogen) atoms. The number of rotatable bonds is 5. The molecule has 104 valence electrons. The van der Waals surface area contributed by atoms with Gasteiger partial charge in [-0.05, 0) is 12.0 Å². The Morgan fingerprint density at radius 1 is 1.53 bits per heavy atom. The highest BCUT2D eigenvalue weighted by molar-refractivity contribution is 5.94. The van der Waals surface area contributed by atoms with Gasteiger partial charge in [-0.3, -0.25) is 14.9 Å². The van der Waals surface area contributed by atoms with Crippen LogP contribution < -0.4 is 11.1 Å². The zero-order chi connectivity index (χ0) is 14.6. The molecule has 1 rings (SSSR count). The zero-order valence-electron chi connectivity index (χ0n) is 10.7. The summed E-state index contributed by atoms with van der Waals surface area (Å²) in [4.78, 5) is 21.6. The fourth-order valence-corrected chi connectivity index (χ4v) is 1.55. The Morgan fingerprint density at radius 3 is 2.58 bits per heavy atom. The molecule has 0 heterocycles. The standard InChI is InChI=1S/C12H16FN3O3/c1-7(2)11(6-14)15-12(17)9-4-3-8(16(18)19)5-10(9)13/h3-5,7,11H,6,14H2,1-2H3,(H,15,17). The summed E-state index contributed by atoms with van der Waals surface area (Å²) in [6, 6.07) is 2.63. The molecule has 3 N–H and O–H groups in total. The van der Waals surface area contributed by atoms with E-state index in [2.05, 4.69) is 5.32 Å². The number of nitrogens with two attached hydrogens (primary N) is 1. The molecule has 0 saturated heterocycles. The maximum atomic E-state index is 13.6. The van der Waals surface area contributed by atoms with Gasteiger partial charge >= 0.3 is 0 Å². The van der Waals surface area contributed by atoms with Gasteiger partial charge in [0.25, 0.3) is 11.6 Å². The first-order valence-electron chi connectivity index (χ1n) is 5.81. The summed E-state index contributed by atoms with van der Waals surface area (Å²) in [7, 11) is 0. The molecule has 0 aliphatic carbocycles. The number of nitrogens with one attached hydrogen (secondary N) is 1. The maximum absolute atomic E-state index is 13.6. The average molecular weight is 269 g/mol. The Bertz CT molecular complexity index is 491. The number of carbonyl (C=O) groups excluding carboxylic acids is 1. The normalized spacial score (nSPS) is 12.3. The highest BCUT2D eigenvalue weighted by Gasteiger charge is 2.20. The smallest absolute Gasteiger partial charge is 0.272 e. The molecule has 1 atom stereocenters. The van der Waals surface area contributed by atoms with Crippen LogP contribution in [0.2, 0.25) is 0 Å². The van der Waals surface area contributed by atoms with E-state index >= 15 is 0 Å². The summed E-state index contributed by atoms with van der Waals surface area (Å²) in [6.07, 6.45) is 0. The number of benzene rings is 1. The van der Waals surface area contributed by atoms with Crippen LogP contribution in [0.3, 0.4) is 0 Å². The number of non-ortho nitro benzene ring substituents is 1. The predicted octanol–water partition coefficient (Wildman–Crippen LogP) is 1.45. The molecule has 0 aromatic heterocycles. The number of nitro benzene ring substituents is 1. The highest BCUT2D eigenvalue weighted by atomic mass is 19.1. The van der Waals surface area contributed by atoms with E-state index in [1.165, 1.54) is 0 Å². The summed E-state index contributed by atoms with van der Waals surface area (Å²) < 4.78 is 13.6. The summed E-state index contributed by atoms with van der Waals surface area (Å²) in [5.74, 6) is -1.45. The van der Waals surface area contributed by atoms with Crippen molar-refractivity contribution in [3.63, 3.8) is 0 Å². The molecule has 0 fully saturated rings. The summed E-state index contributed by atoms with van der Waals surface area (Å²) in [5, 5.41) is 13.1. The molecule has 0 saturated carbocycles. The fourth-order valence-electron chi connectivity index (χ4n) is 1.55. The first-order valence-corrected chi connectivity index (χ1v) is 5.81. The number of nitro groups is 1. The lowest BCUT2D eigenvalue weighted by atomic mass is 10.0. The van der Waals surface area contributed by atoms with Gasteiger partial charge in [-0.15, -0.1) is 0 Å². The van der Waals surface area contributed by atoms with Crippen molar-refractivity contribution in [1.82, 2.24) is 5.32 Å². The fraction of sp³-hybridized carbons (Fsp3) is 0.417. The number of amides is 1. The van der Waals surface area contributed by atoms with Gasteiger partial charge in [0.2, 0.25) is 0 Å². The van der Waals surface area contributed by atoms with Crippen LogP contribution in [0.5, 0.6) is 0 Å². The molecule has 1 aromatic rings. The molecular weight excluding hydrogens is 253 g/mol. The molecule has 1 amide bonds. The number of nitrogens with zero attached hydrogens (tertiary/aromatic N) is 1. The van der Waals surface area contributed by atoms with E-state index in [-0.39, 0.29) is 24.1 Å². The predicted molar refractivity (Wildman–Crippen MR) is 68.2 cm³/mol. The Labute approximate surface area is 109 Å². The zero-order valence-corrected chi connectivity index (χ0v) is 10.7. The first-order chi connectivity index (χ1) is 8.86. The maximum Gasteiger partial charge on any atom is 0.272 e. The molecule has 0 aliphatic rings. The van der Waals surface area contributed by atoms with Crippen molar-refractivity contribution in [1.29, 1.82) is 0 Å². The lowest BCUT2D eigenvalue weighted by Gasteiger charge is -2.20. The SMILES string of the molecule is CC(C)C(CN)NC(=O)c1ccc([N+](=O)[O-])cc1F. The average Bonchev–Trinajstić information content (AvgIpc) is 2.34. The second kappa shape index (κ2) is 6.24. The minimum atomic E-state index is -0.925. The van der Waals surface area contributed by atoms with Crippen LogP contribution in [-0.4, -0.2) is 23.4 Å². The van der Waals surface area contributed by atoms with E-state index in [1.54, 1.807) is 0 Å². The molecule has 1 aromatic carbocycles. The third-order valence-electron chi connectivity index (χ3n) is 2.78. The van der Waals surface area contributed by atoms with Crippen molar-refractivity contribution in [3.8, 4) is 0 Å². The van der Waals surface area contributed by atoms with Gasteiger partial charge in [0.1, 0.15) is 5.82 Å². The van der Waals surface area contributed by atoms with Crippen molar-refractivity contribution in [2.75, 3.05) is 6.54 Å². The highest BCUT2D eigenvalue weighted by Crippen LogP contribution is 2.16. The van der Waals surface area contributed by atoms with Gasteiger partial charge in [-0.1, -0.05) is 13.8 Å². The molecule has 0 aliphatic heterocycles. The molecular formula is C12H16FN3O3. The quantitative estimate of drug-likeness (QED) is 0.624. The van der Waals surface area contributed by atoms with Crippen LogP contribution in [0, 0.1) is 21.8 Å². The lowest BCUT2D eigenvalue weighted by molar-refractivity contribution is -0.385. The Hall–Kier alpha value is -2.02. The third-order valence-corrected chi connectivity index (χ3v) is 2.78. The molecule has 0 bridgehead atoms. The van der Waals surface area contributed by atoms with Crippen LogP contribution in [0.4, 0.5) is 10.1 Å². The van der Waals surface area contributed by atoms with Gasteiger partial charge in [-0.25, -0.2) is 4.39 Å². The Balaban J connectivity index is 2.91. The van der Waals surface area contributed by atoms with Gasteiger partial charge in [0.05, 0.1) is 16.6 Å². The largest absolute Gasteiger partial charge is 0.348 e. The van der Waals surface area contributed by atoms with E-state index in [0.717, 1.165) is 18.2 Å². The lowest BCUT2D eigenvalue weighted by Crippen LogP contribution is -2.43. The summed E-state index contributed by atoms with van der Waals surface area (Å²) in [6.45, 7) is 3.99. The van der Waals surface area contributed by atoms with Crippen LogP contribution in [0.25, 0.3) is 0 Å². The van der Waals surface area contributed by atoms with Crippen LogP contribution in [0.15, 0.2) is 18.2 Å². The van der Waals surface area contributed by atoms with Gasteiger partial charge in [0, 0.05) is 18.7 Å². The van der Waals surface area contributed by atoms with E-state index < -0.39 is 22.3 Å². The van der Waals surface area contributed by atoms with Gasteiger partial charge < -0.3 is 11.1 Å². The number of hydrogen-bond donors (Lipinski definition) is 2. The minimum Gasteiger partial charge on any atom is -0.348 e. The molecule has 7 heteroatoms. The molecule has 0 radical (unpaired) electrons. The Kier molecular flexibility index (Phi) is 4.94. The van der Waals surface area contributed by atoms with E-state index in [4.69, 9.17) is 5.73 Å². The third kappa shape index (κ3) is 3.72. The van der Waals surface area contributed by atoms with E-state index in [1.807, 2.05) is 13.8 Å². The van der Waals surface area contributed by atoms with Crippen molar-refractivity contribution >= 4 is 11.6 Å². The summed E-state index contributed by atoms with van der Waals surface area (Å²) >= 11 is 0. The van der Waals surface area contributed by atoms with Crippen LogP contribution in [-0.2, 0) is 0 Å². The first kappa shape index (κ1) is 15.0. The molecule has 0 spiro atoms. The van der Waals surface area contributed by atoms with Crippen molar-refractivity contribution in [3.05, 3.63) is 39.7 Å². The van der Waals surface area contributed by atoms with Crippen molar-refractivity contribution in [2.24, 2.45) is 11.7 Å². The number of halogens is 1. The van der Waals surface area contributed by atoms with E-state index in [9.17, 15) is 19.3 Å². The van der Waals surface area contributed by atoms with Gasteiger partial charge in [0.15, 0.2) is 0 Å². The summed E-state index contributed by atoms with van der Waals surface area (Å²) in [5.41, 5.74) is 4.88. The monoisotopic (exact) mass is 269 g/mol. The second-order valence-corrected chi connectivity index (χ2v) is 4.48. The number of carbonyl (C=O) groups is 1. The van der Waals surface area contributed by atoms with Crippen molar-refractivity contribution in [2.45, 2.75) is 19.9 Å².